The Hall–Kier alpha value is -0.900. The van der Waals surface area contributed by atoms with Gasteiger partial charge in [0.2, 0.25) is 0 Å². The first-order valence-electron chi connectivity index (χ1n) is 8.01. The number of rotatable bonds is 4. The fourth-order valence-corrected chi connectivity index (χ4v) is 3.37. The summed E-state index contributed by atoms with van der Waals surface area (Å²) in [7, 11) is 0. The Kier molecular flexibility index (Phi) is 4.71. The molecule has 3 rings (SSSR count). The molecular weight excluding hydrogens is 248 g/mol. The summed E-state index contributed by atoms with van der Waals surface area (Å²) >= 11 is 0. The number of benzene rings is 1. The van der Waals surface area contributed by atoms with Gasteiger partial charge in [0.1, 0.15) is 0 Å². The zero-order valence-electron chi connectivity index (χ0n) is 12.6. The molecule has 2 aliphatic heterocycles. The smallest absolute Gasteiger partial charge is 0.0954 e. The van der Waals surface area contributed by atoms with Gasteiger partial charge in [0.15, 0.2) is 0 Å². The molecule has 3 heteroatoms. The van der Waals surface area contributed by atoms with Crippen molar-refractivity contribution in [2.75, 3.05) is 45.9 Å². The SMILES string of the molecule is CCCN1CCN(C[C@@H]2OCCc3ccccc32)CC1. The van der Waals surface area contributed by atoms with E-state index in [0.29, 0.717) is 0 Å². The molecule has 2 heterocycles. The minimum absolute atomic E-state index is 0.276. The Morgan fingerprint density at radius 3 is 2.65 bits per heavy atom. The molecular formula is C17H26N2O. The van der Waals surface area contributed by atoms with Crippen LogP contribution >= 0.6 is 0 Å². The first-order valence-corrected chi connectivity index (χ1v) is 8.01. The minimum Gasteiger partial charge on any atom is -0.372 e. The van der Waals surface area contributed by atoms with Crippen molar-refractivity contribution >= 4 is 0 Å². The van der Waals surface area contributed by atoms with Crippen LogP contribution in [-0.2, 0) is 11.2 Å². The largest absolute Gasteiger partial charge is 0.372 e. The van der Waals surface area contributed by atoms with Crippen LogP contribution in [0.1, 0.15) is 30.6 Å². The van der Waals surface area contributed by atoms with Crippen molar-refractivity contribution in [3.8, 4) is 0 Å². The Bertz CT molecular complexity index is 427. The molecule has 0 spiro atoms. The van der Waals surface area contributed by atoms with Crippen molar-refractivity contribution in [3.63, 3.8) is 0 Å². The van der Waals surface area contributed by atoms with Crippen molar-refractivity contribution in [1.82, 2.24) is 9.80 Å². The number of nitrogens with zero attached hydrogens (tertiary/aromatic N) is 2. The third-order valence-corrected chi connectivity index (χ3v) is 4.52. The second-order valence-corrected chi connectivity index (χ2v) is 5.95. The van der Waals surface area contributed by atoms with Crippen LogP contribution in [0.15, 0.2) is 24.3 Å². The molecule has 0 saturated carbocycles. The molecule has 0 amide bonds. The van der Waals surface area contributed by atoms with E-state index in [2.05, 4.69) is 41.0 Å². The maximum absolute atomic E-state index is 6.03. The van der Waals surface area contributed by atoms with Gasteiger partial charge in [0, 0.05) is 32.7 Å². The zero-order chi connectivity index (χ0) is 13.8. The molecule has 0 aromatic heterocycles. The first kappa shape index (κ1) is 14.1. The lowest BCUT2D eigenvalue weighted by molar-refractivity contribution is 0.00461. The Morgan fingerprint density at radius 2 is 1.85 bits per heavy atom. The van der Waals surface area contributed by atoms with Gasteiger partial charge in [-0.1, -0.05) is 31.2 Å². The number of piperazine rings is 1. The van der Waals surface area contributed by atoms with Gasteiger partial charge in [-0.05, 0) is 30.5 Å². The molecule has 2 aliphatic rings. The average molecular weight is 274 g/mol. The maximum atomic E-state index is 6.03. The van der Waals surface area contributed by atoms with Crippen LogP contribution in [0.2, 0.25) is 0 Å². The van der Waals surface area contributed by atoms with Gasteiger partial charge in [-0.25, -0.2) is 0 Å². The highest BCUT2D eigenvalue weighted by Gasteiger charge is 2.24. The molecule has 110 valence electrons. The Balaban J connectivity index is 1.57. The molecule has 0 aliphatic carbocycles. The van der Waals surface area contributed by atoms with Crippen molar-refractivity contribution in [2.45, 2.75) is 25.9 Å². The summed E-state index contributed by atoms with van der Waals surface area (Å²) in [6, 6.07) is 8.78. The molecule has 0 unspecified atom stereocenters. The van der Waals surface area contributed by atoms with E-state index < -0.39 is 0 Å². The van der Waals surface area contributed by atoms with Crippen LogP contribution in [0, 0.1) is 0 Å². The quantitative estimate of drug-likeness (QED) is 0.838. The predicted molar refractivity (Wildman–Crippen MR) is 82.0 cm³/mol. The fraction of sp³-hybridized carbons (Fsp3) is 0.647. The Labute approximate surface area is 122 Å². The van der Waals surface area contributed by atoms with E-state index in [-0.39, 0.29) is 6.10 Å². The van der Waals surface area contributed by atoms with Crippen molar-refractivity contribution in [3.05, 3.63) is 35.4 Å². The second kappa shape index (κ2) is 6.70. The third kappa shape index (κ3) is 3.22. The van der Waals surface area contributed by atoms with E-state index in [4.69, 9.17) is 4.74 Å². The van der Waals surface area contributed by atoms with Gasteiger partial charge in [-0.15, -0.1) is 0 Å². The van der Waals surface area contributed by atoms with Crippen LogP contribution < -0.4 is 0 Å². The summed E-state index contributed by atoms with van der Waals surface area (Å²) in [5, 5.41) is 0. The van der Waals surface area contributed by atoms with Crippen molar-refractivity contribution < 1.29 is 4.74 Å². The molecule has 1 fully saturated rings. The van der Waals surface area contributed by atoms with Crippen LogP contribution in [0.5, 0.6) is 0 Å². The average Bonchev–Trinajstić information content (AvgIpc) is 2.50. The van der Waals surface area contributed by atoms with E-state index >= 15 is 0 Å². The van der Waals surface area contributed by atoms with E-state index in [9.17, 15) is 0 Å². The summed E-state index contributed by atoms with van der Waals surface area (Å²) in [4.78, 5) is 5.14. The van der Waals surface area contributed by atoms with Crippen molar-refractivity contribution in [2.24, 2.45) is 0 Å². The molecule has 1 atom stereocenters. The van der Waals surface area contributed by atoms with Crippen LogP contribution in [0.3, 0.4) is 0 Å². The number of fused-ring (bicyclic) bond motifs is 1. The van der Waals surface area contributed by atoms with Crippen molar-refractivity contribution in [1.29, 1.82) is 0 Å². The number of ether oxygens (including phenoxy) is 1. The summed E-state index contributed by atoms with van der Waals surface area (Å²) in [5.41, 5.74) is 2.89. The van der Waals surface area contributed by atoms with Gasteiger partial charge in [-0.2, -0.15) is 0 Å². The van der Waals surface area contributed by atoms with Crippen LogP contribution in [-0.4, -0.2) is 55.7 Å². The fourth-order valence-electron chi connectivity index (χ4n) is 3.37. The standard InChI is InChI=1S/C17H26N2O/c1-2-8-18-9-11-19(12-10-18)14-17-16-6-4-3-5-15(16)7-13-20-17/h3-6,17H,2,7-14H2,1H3/t17-/m0/s1. The normalized spacial score (nSPS) is 24.6. The third-order valence-electron chi connectivity index (χ3n) is 4.52. The van der Waals surface area contributed by atoms with E-state index in [1.165, 1.54) is 50.3 Å². The summed E-state index contributed by atoms with van der Waals surface area (Å²) in [6.45, 7) is 10.2. The van der Waals surface area contributed by atoms with Crippen LogP contribution in [0.25, 0.3) is 0 Å². The lowest BCUT2D eigenvalue weighted by Gasteiger charge is -2.37. The van der Waals surface area contributed by atoms with Gasteiger partial charge >= 0.3 is 0 Å². The molecule has 1 aromatic rings. The topological polar surface area (TPSA) is 15.7 Å². The highest BCUT2D eigenvalue weighted by Crippen LogP contribution is 2.27. The lowest BCUT2D eigenvalue weighted by Crippen LogP contribution is -2.48. The van der Waals surface area contributed by atoms with Crippen LogP contribution in [0.4, 0.5) is 0 Å². The van der Waals surface area contributed by atoms with Gasteiger partial charge in [0.25, 0.3) is 0 Å². The number of hydrogen-bond acceptors (Lipinski definition) is 3. The highest BCUT2D eigenvalue weighted by atomic mass is 16.5. The summed E-state index contributed by atoms with van der Waals surface area (Å²) in [6.07, 6.45) is 2.61. The molecule has 0 N–H and O–H groups in total. The monoisotopic (exact) mass is 274 g/mol. The second-order valence-electron chi connectivity index (χ2n) is 5.95. The predicted octanol–water partition coefficient (Wildman–Crippen LogP) is 2.33. The first-order chi connectivity index (χ1) is 9.86. The van der Waals surface area contributed by atoms with Gasteiger partial charge < -0.3 is 9.64 Å². The summed E-state index contributed by atoms with van der Waals surface area (Å²) in [5.74, 6) is 0. The highest BCUT2D eigenvalue weighted by molar-refractivity contribution is 5.31. The maximum Gasteiger partial charge on any atom is 0.0954 e. The lowest BCUT2D eigenvalue weighted by atomic mass is 9.97. The van der Waals surface area contributed by atoms with E-state index in [1.807, 2.05) is 0 Å². The molecule has 3 nitrogen and oxygen atoms in total. The van der Waals surface area contributed by atoms with E-state index in [1.54, 1.807) is 0 Å². The molecule has 20 heavy (non-hydrogen) atoms. The molecule has 1 aromatic carbocycles. The Morgan fingerprint density at radius 1 is 1.10 bits per heavy atom. The molecule has 0 bridgehead atoms. The van der Waals surface area contributed by atoms with Gasteiger partial charge in [0.05, 0.1) is 12.7 Å². The minimum atomic E-state index is 0.276. The summed E-state index contributed by atoms with van der Waals surface area (Å²) < 4.78 is 6.03. The molecule has 1 saturated heterocycles. The van der Waals surface area contributed by atoms with Gasteiger partial charge in [-0.3, -0.25) is 4.90 Å². The van der Waals surface area contributed by atoms with E-state index in [0.717, 1.165) is 19.6 Å². The number of hydrogen-bond donors (Lipinski definition) is 0. The zero-order valence-corrected chi connectivity index (χ0v) is 12.6. The molecule has 0 radical (unpaired) electrons.